The zero-order valence-electron chi connectivity index (χ0n) is 14.5. The van der Waals surface area contributed by atoms with Crippen molar-refractivity contribution in [3.63, 3.8) is 0 Å². The Morgan fingerprint density at radius 2 is 1.88 bits per heavy atom. The van der Waals surface area contributed by atoms with Crippen LogP contribution in [0.15, 0.2) is 48.5 Å². The summed E-state index contributed by atoms with van der Waals surface area (Å²) in [6.07, 6.45) is 2.60. The second kappa shape index (κ2) is 9.15. The highest BCUT2D eigenvalue weighted by Gasteiger charge is 2.11. The average Bonchev–Trinajstić information content (AvgIpc) is 2.62. The van der Waals surface area contributed by atoms with Crippen molar-refractivity contribution in [1.82, 2.24) is 4.90 Å². The monoisotopic (exact) mass is 375 g/mol. The van der Waals surface area contributed by atoms with E-state index in [2.05, 4.69) is 0 Å². The highest BCUT2D eigenvalue weighted by molar-refractivity contribution is 6.30. The molecule has 2 aromatic rings. The molecule has 0 unspecified atom stereocenters. The van der Waals surface area contributed by atoms with E-state index in [1.807, 2.05) is 31.2 Å². The third-order valence-electron chi connectivity index (χ3n) is 3.66. The van der Waals surface area contributed by atoms with Crippen molar-refractivity contribution in [2.75, 3.05) is 13.7 Å². The van der Waals surface area contributed by atoms with Gasteiger partial charge >= 0.3 is 5.97 Å². The molecule has 2 rings (SSSR count). The molecule has 0 fully saturated rings. The first-order chi connectivity index (χ1) is 12.3. The second-order valence-corrected chi connectivity index (χ2v) is 6.26. The summed E-state index contributed by atoms with van der Waals surface area (Å²) in [6, 6.07) is 11.9. The molecule has 0 aliphatic rings. The van der Waals surface area contributed by atoms with Gasteiger partial charge in [-0.1, -0.05) is 47.5 Å². The lowest BCUT2D eigenvalue weighted by molar-refractivity contribution is -0.147. The molecule has 0 saturated heterocycles. The van der Waals surface area contributed by atoms with Crippen molar-refractivity contribution in [2.45, 2.75) is 13.5 Å². The molecule has 0 aromatic heterocycles. The van der Waals surface area contributed by atoms with Crippen LogP contribution in [0.25, 0.3) is 6.08 Å². The van der Waals surface area contributed by atoms with Crippen LogP contribution in [0.3, 0.4) is 0 Å². The number of halogens is 2. The van der Waals surface area contributed by atoms with Gasteiger partial charge in [0.1, 0.15) is 5.82 Å². The maximum absolute atomic E-state index is 13.1. The molecule has 0 spiro atoms. The zero-order chi connectivity index (χ0) is 19.1. The summed E-state index contributed by atoms with van der Waals surface area (Å²) in [6.45, 7) is 2.07. The van der Waals surface area contributed by atoms with Gasteiger partial charge in [-0.25, -0.2) is 9.18 Å². The molecular formula is C20H19ClFNO3. The number of rotatable bonds is 6. The Balaban J connectivity index is 1.81. The number of ether oxygens (including phenoxy) is 1. The first-order valence-electron chi connectivity index (χ1n) is 7.94. The molecule has 4 nitrogen and oxygen atoms in total. The van der Waals surface area contributed by atoms with Crippen LogP contribution in [0.1, 0.15) is 16.7 Å². The van der Waals surface area contributed by atoms with Crippen LogP contribution in [0.5, 0.6) is 0 Å². The molecule has 0 atom stereocenters. The number of carbonyl (C=O) groups is 2. The molecule has 26 heavy (non-hydrogen) atoms. The number of likely N-dealkylation sites (N-methyl/N-ethyl adjacent to an activating group) is 1. The summed E-state index contributed by atoms with van der Waals surface area (Å²) in [5, 5.41) is -0.0339. The van der Waals surface area contributed by atoms with E-state index in [1.54, 1.807) is 7.05 Å². The van der Waals surface area contributed by atoms with Crippen molar-refractivity contribution < 1.29 is 18.7 Å². The number of carbonyl (C=O) groups excluding carboxylic acids is 2. The van der Waals surface area contributed by atoms with Crippen LogP contribution >= 0.6 is 11.6 Å². The maximum atomic E-state index is 13.1. The standard InChI is InChI=1S/C20H19ClFNO3/c1-14-3-5-16(6-4-14)12-23(2)19(24)13-26-20(25)10-8-15-7-9-18(22)17(21)11-15/h3-11H,12-13H2,1-2H3/b10-8+. The lowest BCUT2D eigenvalue weighted by Crippen LogP contribution is -2.30. The SMILES string of the molecule is Cc1ccc(CN(C)C(=O)COC(=O)/C=C/c2ccc(F)c(Cl)c2)cc1. The summed E-state index contributed by atoms with van der Waals surface area (Å²) in [5.74, 6) is -1.51. The molecule has 6 heteroatoms. The number of amides is 1. The van der Waals surface area contributed by atoms with E-state index in [1.165, 1.54) is 29.2 Å². The maximum Gasteiger partial charge on any atom is 0.331 e. The number of nitrogens with zero attached hydrogens (tertiary/aromatic N) is 1. The quantitative estimate of drug-likeness (QED) is 0.566. The summed E-state index contributed by atoms with van der Waals surface area (Å²) in [4.78, 5) is 25.2. The molecule has 2 aromatic carbocycles. The minimum absolute atomic E-state index is 0.0339. The van der Waals surface area contributed by atoms with Crippen molar-refractivity contribution in [1.29, 1.82) is 0 Å². The van der Waals surface area contributed by atoms with E-state index in [4.69, 9.17) is 16.3 Å². The van der Waals surface area contributed by atoms with E-state index in [-0.39, 0.29) is 17.5 Å². The Hall–Kier alpha value is -2.66. The van der Waals surface area contributed by atoms with Crippen LogP contribution in [0.4, 0.5) is 4.39 Å². The highest BCUT2D eigenvalue weighted by Crippen LogP contribution is 2.16. The molecule has 136 valence electrons. The smallest absolute Gasteiger partial charge is 0.331 e. The first-order valence-corrected chi connectivity index (χ1v) is 8.32. The van der Waals surface area contributed by atoms with Crippen molar-refractivity contribution >= 4 is 29.6 Å². The Morgan fingerprint density at radius 1 is 1.19 bits per heavy atom. The minimum atomic E-state index is -0.664. The van der Waals surface area contributed by atoms with Crippen LogP contribution in [0.2, 0.25) is 5.02 Å². The summed E-state index contributed by atoms with van der Waals surface area (Å²) >= 11 is 5.67. The first kappa shape index (κ1) is 19.7. The van der Waals surface area contributed by atoms with Gasteiger partial charge in [-0.05, 0) is 36.3 Å². The Labute approximate surface area is 156 Å². The van der Waals surface area contributed by atoms with E-state index in [0.29, 0.717) is 12.1 Å². The van der Waals surface area contributed by atoms with Crippen molar-refractivity contribution in [3.05, 3.63) is 76.1 Å². The van der Waals surface area contributed by atoms with Gasteiger partial charge in [0.2, 0.25) is 0 Å². The number of hydrogen-bond donors (Lipinski definition) is 0. The van der Waals surface area contributed by atoms with Crippen LogP contribution in [-0.4, -0.2) is 30.4 Å². The molecule has 0 radical (unpaired) electrons. The van der Waals surface area contributed by atoms with Gasteiger partial charge in [-0.2, -0.15) is 0 Å². The average molecular weight is 376 g/mol. The normalized spacial score (nSPS) is 10.8. The predicted molar refractivity (Wildman–Crippen MR) is 99.1 cm³/mol. The fraction of sp³-hybridized carbons (Fsp3) is 0.200. The molecule has 0 aliphatic carbocycles. The van der Waals surface area contributed by atoms with Gasteiger partial charge in [0, 0.05) is 19.7 Å². The molecular weight excluding hydrogens is 357 g/mol. The van der Waals surface area contributed by atoms with E-state index in [0.717, 1.165) is 17.2 Å². The van der Waals surface area contributed by atoms with E-state index >= 15 is 0 Å². The Bertz CT molecular complexity index is 818. The van der Waals surface area contributed by atoms with Crippen LogP contribution in [-0.2, 0) is 20.9 Å². The van der Waals surface area contributed by atoms with Gasteiger partial charge < -0.3 is 9.64 Å². The zero-order valence-corrected chi connectivity index (χ0v) is 15.3. The molecule has 0 heterocycles. The Morgan fingerprint density at radius 3 is 2.54 bits per heavy atom. The topological polar surface area (TPSA) is 46.6 Å². The number of esters is 1. The van der Waals surface area contributed by atoms with Gasteiger partial charge in [0.15, 0.2) is 6.61 Å². The summed E-state index contributed by atoms with van der Waals surface area (Å²) in [7, 11) is 1.65. The fourth-order valence-corrected chi connectivity index (χ4v) is 2.32. The summed E-state index contributed by atoms with van der Waals surface area (Å²) < 4.78 is 18.0. The second-order valence-electron chi connectivity index (χ2n) is 5.85. The molecule has 0 aliphatic heterocycles. The van der Waals surface area contributed by atoms with Crippen molar-refractivity contribution in [2.24, 2.45) is 0 Å². The molecule has 0 N–H and O–H groups in total. The molecule has 1 amide bonds. The lowest BCUT2D eigenvalue weighted by atomic mass is 10.1. The van der Waals surface area contributed by atoms with Gasteiger partial charge in [0.05, 0.1) is 5.02 Å². The Kier molecular flexibility index (Phi) is 6.92. The van der Waals surface area contributed by atoms with Gasteiger partial charge in [0.25, 0.3) is 5.91 Å². The van der Waals surface area contributed by atoms with Crippen molar-refractivity contribution in [3.8, 4) is 0 Å². The summed E-state index contributed by atoms with van der Waals surface area (Å²) in [5.41, 5.74) is 2.69. The van der Waals surface area contributed by atoms with Gasteiger partial charge in [-0.3, -0.25) is 4.79 Å². The van der Waals surface area contributed by atoms with Gasteiger partial charge in [-0.15, -0.1) is 0 Å². The largest absolute Gasteiger partial charge is 0.452 e. The lowest BCUT2D eigenvalue weighted by Gasteiger charge is -2.17. The highest BCUT2D eigenvalue weighted by atomic mass is 35.5. The molecule has 0 bridgehead atoms. The third-order valence-corrected chi connectivity index (χ3v) is 3.95. The van der Waals surface area contributed by atoms with E-state index < -0.39 is 11.8 Å². The van der Waals surface area contributed by atoms with Crippen LogP contribution < -0.4 is 0 Å². The third kappa shape index (κ3) is 6.01. The van der Waals surface area contributed by atoms with E-state index in [9.17, 15) is 14.0 Å². The fourth-order valence-electron chi connectivity index (χ4n) is 2.13. The predicted octanol–water partition coefficient (Wildman–Crippen LogP) is 4.00. The van der Waals surface area contributed by atoms with Crippen LogP contribution in [0, 0.1) is 12.7 Å². The molecule has 0 saturated carbocycles. The number of benzene rings is 2. The number of hydrogen-bond acceptors (Lipinski definition) is 3. The minimum Gasteiger partial charge on any atom is -0.452 e. The number of aryl methyl sites for hydroxylation is 1.